The molecule has 1 saturated carbocycles. The van der Waals surface area contributed by atoms with Gasteiger partial charge < -0.3 is 4.90 Å². The number of hydrogen-bond donors (Lipinski definition) is 1. The molecule has 2 heterocycles. The van der Waals surface area contributed by atoms with Gasteiger partial charge in [-0.25, -0.2) is 0 Å². The first-order chi connectivity index (χ1) is 12.8. The fourth-order valence-electron chi connectivity index (χ4n) is 4.45. The molecule has 3 aliphatic rings. The fourth-order valence-corrected chi connectivity index (χ4v) is 4.45. The first kappa shape index (κ1) is 18.0. The quantitative estimate of drug-likeness (QED) is 0.802. The number of nitrogens with one attached hydrogen (secondary N) is 1. The molecule has 2 fully saturated rings. The number of nitrogens with zero attached hydrogens (tertiary/aromatic N) is 1. The number of alkyl halides is 3. The molecule has 27 heavy (non-hydrogen) atoms. The van der Waals surface area contributed by atoms with Crippen molar-refractivity contribution in [2.75, 3.05) is 0 Å². The molecule has 0 radical (unpaired) electrons. The van der Waals surface area contributed by atoms with E-state index in [0.29, 0.717) is 11.1 Å². The van der Waals surface area contributed by atoms with E-state index in [4.69, 9.17) is 0 Å². The van der Waals surface area contributed by atoms with E-state index >= 15 is 0 Å². The molecule has 2 aliphatic heterocycles. The van der Waals surface area contributed by atoms with Crippen LogP contribution < -0.4 is 5.32 Å². The van der Waals surface area contributed by atoms with Crippen molar-refractivity contribution < 1.29 is 27.6 Å². The summed E-state index contributed by atoms with van der Waals surface area (Å²) >= 11 is 0. The molecule has 1 aliphatic carbocycles. The van der Waals surface area contributed by atoms with E-state index in [1.165, 1.54) is 11.0 Å². The zero-order valence-electron chi connectivity index (χ0n) is 14.6. The molecule has 0 spiro atoms. The third-order valence-corrected chi connectivity index (χ3v) is 5.81. The van der Waals surface area contributed by atoms with E-state index in [0.717, 1.165) is 31.7 Å². The monoisotopic (exact) mass is 380 g/mol. The van der Waals surface area contributed by atoms with Crippen molar-refractivity contribution >= 4 is 17.7 Å². The van der Waals surface area contributed by atoms with Gasteiger partial charge in [0, 0.05) is 18.5 Å². The van der Waals surface area contributed by atoms with Gasteiger partial charge >= 0.3 is 6.18 Å². The number of benzene rings is 1. The largest absolute Gasteiger partial charge is 0.416 e. The minimum Gasteiger partial charge on any atom is -0.322 e. The number of piperidine rings is 1. The molecule has 1 atom stereocenters. The summed E-state index contributed by atoms with van der Waals surface area (Å²) in [6.07, 6.45) is -0.707. The lowest BCUT2D eigenvalue weighted by Crippen LogP contribution is -2.52. The summed E-state index contributed by atoms with van der Waals surface area (Å²) < 4.78 is 40.1. The zero-order chi connectivity index (χ0) is 19.3. The first-order valence-corrected chi connectivity index (χ1v) is 9.14. The van der Waals surface area contributed by atoms with Crippen LogP contribution in [-0.2, 0) is 22.3 Å². The van der Waals surface area contributed by atoms with E-state index in [1.807, 2.05) is 0 Å². The van der Waals surface area contributed by atoms with Crippen LogP contribution in [0.1, 0.15) is 71.5 Å². The summed E-state index contributed by atoms with van der Waals surface area (Å²) in [7, 11) is 0. The summed E-state index contributed by atoms with van der Waals surface area (Å²) in [5.74, 6) is -1.52. The average molecular weight is 380 g/mol. The Kier molecular flexibility index (Phi) is 4.24. The van der Waals surface area contributed by atoms with Gasteiger partial charge in [0.15, 0.2) is 0 Å². The van der Waals surface area contributed by atoms with Crippen molar-refractivity contribution in [3.8, 4) is 0 Å². The van der Waals surface area contributed by atoms with Gasteiger partial charge in [-0.2, -0.15) is 13.2 Å². The first-order valence-electron chi connectivity index (χ1n) is 9.14. The maximum Gasteiger partial charge on any atom is 0.416 e. The summed E-state index contributed by atoms with van der Waals surface area (Å²) in [5, 5.41) is 2.21. The molecular formula is C19H19F3N2O3. The highest BCUT2D eigenvalue weighted by Crippen LogP contribution is 2.43. The van der Waals surface area contributed by atoms with Crippen LogP contribution in [0.25, 0.3) is 0 Å². The summed E-state index contributed by atoms with van der Waals surface area (Å²) in [6.45, 7) is 0.115. The zero-order valence-corrected chi connectivity index (χ0v) is 14.6. The van der Waals surface area contributed by atoms with Crippen LogP contribution in [0.15, 0.2) is 12.1 Å². The van der Waals surface area contributed by atoms with Crippen molar-refractivity contribution in [3.63, 3.8) is 0 Å². The number of halogens is 3. The summed E-state index contributed by atoms with van der Waals surface area (Å²) in [6, 6.07) is 1.26. The molecule has 4 rings (SSSR count). The molecule has 144 valence electrons. The number of rotatable bonds is 2. The molecule has 0 bridgehead atoms. The molecule has 1 unspecified atom stereocenters. The molecule has 8 heteroatoms. The average Bonchev–Trinajstić information content (AvgIpc) is 3.22. The Morgan fingerprint density at radius 3 is 2.37 bits per heavy atom. The van der Waals surface area contributed by atoms with Crippen LogP contribution in [-0.4, -0.2) is 28.7 Å². The molecule has 1 aromatic carbocycles. The lowest BCUT2D eigenvalue weighted by molar-refractivity contribution is -0.138. The maximum absolute atomic E-state index is 13.4. The highest BCUT2D eigenvalue weighted by molar-refractivity contribution is 6.05. The maximum atomic E-state index is 13.4. The highest BCUT2D eigenvalue weighted by Gasteiger charge is 2.42. The molecule has 1 saturated heterocycles. The van der Waals surface area contributed by atoms with Crippen LogP contribution >= 0.6 is 0 Å². The topological polar surface area (TPSA) is 66.5 Å². The second kappa shape index (κ2) is 6.35. The number of hydrogen-bond acceptors (Lipinski definition) is 3. The Balaban J connectivity index is 1.74. The number of amides is 3. The number of carbonyl (C=O) groups excluding carboxylic acids is 3. The van der Waals surface area contributed by atoms with Crippen LogP contribution in [0.4, 0.5) is 13.2 Å². The Morgan fingerprint density at radius 2 is 1.74 bits per heavy atom. The van der Waals surface area contributed by atoms with E-state index in [2.05, 4.69) is 5.32 Å². The van der Waals surface area contributed by atoms with Crippen molar-refractivity contribution in [1.29, 1.82) is 0 Å². The Bertz CT molecular complexity index is 828. The van der Waals surface area contributed by atoms with Gasteiger partial charge in [-0.1, -0.05) is 12.8 Å². The lowest BCUT2D eigenvalue weighted by Gasteiger charge is -2.29. The summed E-state index contributed by atoms with van der Waals surface area (Å²) in [4.78, 5) is 37.7. The Hall–Kier alpha value is -2.38. The van der Waals surface area contributed by atoms with Crippen LogP contribution in [0, 0.1) is 0 Å². The van der Waals surface area contributed by atoms with Crippen LogP contribution in [0.3, 0.4) is 0 Å². The third-order valence-electron chi connectivity index (χ3n) is 5.81. The second-order valence-corrected chi connectivity index (χ2v) is 7.47. The number of imide groups is 1. The molecule has 5 nitrogen and oxygen atoms in total. The molecule has 1 aromatic rings. The van der Waals surface area contributed by atoms with Gasteiger partial charge in [0.25, 0.3) is 5.91 Å². The fraction of sp³-hybridized carbons (Fsp3) is 0.526. The van der Waals surface area contributed by atoms with E-state index in [-0.39, 0.29) is 30.9 Å². The third kappa shape index (κ3) is 3.11. The Labute approximate surface area is 153 Å². The van der Waals surface area contributed by atoms with Gasteiger partial charge in [0.1, 0.15) is 6.04 Å². The smallest absolute Gasteiger partial charge is 0.322 e. The number of fused-ring (bicyclic) bond motifs is 1. The normalized spacial score (nSPS) is 23.7. The van der Waals surface area contributed by atoms with Gasteiger partial charge in [-0.05, 0) is 48.4 Å². The molecule has 0 aromatic heterocycles. The van der Waals surface area contributed by atoms with E-state index in [9.17, 15) is 27.6 Å². The minimum absolute atomic E-state index is 0.00978. The summed E-state index contributed by atoms with van der Waals surface area (Å²) in [5.41, 5.74) is 0.406. The van der Waals surface area contributed by atoms with Crippen LogP contribution in [0.5, 0.6) is 0 Å². The molecule has 1 N–H and O–H groups in total. The highest BCUT2D eigenvalue weighted by atomic mass is 19.4. The second-order valence-electron chi connectivity index (χ2n) is 7.47. The van der Waals surface area contributed by atoms with E-state index < -0.39 is 35.5 Å². The van der Waals surface area contributed by atoms with Gasteiger partial charge in [0.2, 0.25) is 11.8 Å². The SMILES string of the molecule is O=C1CCC(N2Cc3c(cc(C(F)(F)F)cc3C3CCCC3)C2=O)C(=O)N1. The van der Waals surface area contributed by atoms with Crippen LogP contribution in [0.2, 0.25) is 0 Å². The van der Waals surface area contributed by atoms with E-state index in [1.54, 1.807) is 0 Å². The lowest BCUT2D eigenvalue weighted by atomic mass is 9.89. The Morgan fingerprint density at radius 1 is 1.04 bits per heavy atom. The molecular weight excluding hydrogens is 361 g/mol. The van der Waals surface area contributed by atoms with Gasteiger partial charge in [-0.3, -0.25) is 19.7 Å². The van der Waals surface area contributed by atoms with Crippen molar-refractivity contribution in [1.82, 2.24) is 10.2 Å². The predicted molar refractivity (Wildman–Crippen MR) is 88.7 cm³/mol. The van der Waals surface area contributed by atoms with Crippen molar-refractivity contribution in [3.05, 3.63) is 34.4 Å². The van der Waals surface area contributed by atoms with Crippen molar-refractivity contribution in [2.45, 2.75) is 63.2 Å². The minimum atomic E-state index is -4.54. The predicted octanol–water partition coefficient (Wildman–Crippen LogP) is 3.12. The van der Waals surface area contributed by atoms with Gasteiger partial charge in [-0.15, -0.1) is 0 Å². The van der Waals surface area contributed by atoms with Crippen molar-refractivity contribution in [2.24, 2.45) is 0 Å². The number of carbonyl (C=O) groups is 3. The standard InChI is InChI=1S/C19H19F3N2O3/c20-19(21,22)11-7-12(10-3-1-2-4-10)14-9-24(18(27)13(14)8-11)15-5-6-16(25)23-17(15)26/h7-8,10,15H,1-6,9H2,(H,23,25,26). The van der Waals surface area contributed by atoms with Gasteiger partial charge in [0.05, 0.1) is 5.56 Å². The molecule has 3 amide bonds.